The SMILES string of the molecule is CC[C@@H](CS(=O)(=O)CCCCCC1CCC(=O)NC1=O)c1ccc(F)c(OCC2CC2)c1. The minimum absolute atomic E-state index is 0.0321. The lowest BCUT2D eigenvalue weighted by molar-refractivity contribution is -0.136. The van der Waals surface area contributed by atoms with Crippen LogP contribution in [0.3, 0.4) is 0 Å². The molecule has 1 saturated heterocycles. The molecule has 32 heavy (non-hydrogen) atoms. The third-order valence-electron chi connectivity index (χ3n) is 6.41. The summed E-state index contributed by atoms with van der Waals surface area (Å²) in [5.41, 5.74) is 0.793. The number of carbonyl (C=O) groups excluding carboxylic acids is 2. The molecule has 0 spiro atoms. The standard InChI is InChI=1S/C24H34FNO5S/c1-2-18(20-9-11-21(25)22(14-20)31-15-17-7-8-17)16-32(29,30)13-5-3-4-6-19-10-12-23(27)26-24(19)28/h9,11,14,17-19H,2-8,10,12-13,15-16H2,1H3,(H,26,27,28)/t18-,19?/m0/s1. The molecule has 1 unspecified atom stereocenters. The number of benzene rings is 1. The number of hydrogen-bond acceptors (Lipinski definition) is 5. The fraction of sp³-hybridized carbons (Fsp3) is 0.667. The van der Waals surface area contributed by atoms with Crippen LogP contribution in [-0.4, -0.2) is 38.3 Å². The Labute approximate surface area is 190 Å². The highest BCUT2D eigenvalue weighted by atomic mass is 32.2. The summed E-state index contributed by atoms with van der Waals surface area (Å²) in [6.07, 6.45) is 6.53. The van der Waals surface area contributed by atoms with Gasteiger partial charge in [0.25, 0.3) is 0 Å². The molecular weight excluding hydrogens is 433 g/mol. The first-order chi connectivity index (χ1) is 15.3. The predicted molar refractivity (Wildman–Crippen MR) is 121 cm³/mol. The molecule has 0 aromatic heterocycles. The summed E-state index contributed by atoms with van der Waals surface area (Å²) in [6, 6.07) is 4.67. The summed E-state index contributed by atoms with van der Waals surface area (Å²) in [7, 11) is -3.26. The number of hydrogen-bond donors (Lipinski definition) is 1. The van der Waals surface area contributed by atoms with Gasteiger partial charge in [0.15, 0.2) is 21.4 Å². The highest BCUT2D eigenvalue weighted by molar-refractivity contribution is 7.91. The number of carbonyl (C=O) groups is 2. The van der Waals surface area contributed by atoms with Crippen LogP contribution in [0.25, 0.3) is 0 Å². The third kappa shape index (κ3) is 7.57. The maximum absolute atomic E-state index is 14.1. The first-order valence-electron chi connectivity index (χ1n) is 11.7. The molecule has 1 aliphatic heterocycles. The molecule has 2 fully saturated rings. The number of imide groups is 1. The van der Waals surface area contributed by atoms with Gasteiger partial charge < -0.3 is 4.74 Å². The van der Waals surface area contributed by atoms with Gasteiger partial charge in [-0.15, -0.1) is 0 Å². The van der Waals surface area contributed by atoms with E-state index < -0.39 is 15.7 Å². The second kappa shape index (κ2) is 11.3. The Morgan fingerprint density at radius 1 is 1.16 bits per heavy atom. The van der Waals surface area contributed by atoms with Crippen LogP contribution in [0.5, 0.6) is 5.75 Å². The fourth-order valence-corrected chi connectivity index (χ4v) is 5.97. The molecule has 0 bridgehead atoms. The molecule has 178 valence electrons. The normalized spacial score (nSPS) is 20.1. The number of halogens is 1. The molecule has 1 N–H and O–H groups in total. The van der Waals surface area contributed by atoms with Crippen molar-refractivity contribution in [1.82, 2.24) is 5.32 Å². The van der Waals surface area contributed by atoms with E-state index in [-0.39, 0.29) is 40.9 Å². The lowest BCUT2D eigenvalue weighted by Gasteiger charge is -2.20. The zero-order valence-corrected chi connectivity index (χ0v) is 19.6. The topological polar surface area (TPSA) is 89.5 Å². The molecule has 8 heteroatoms. The quantitative estimate of drug-likeness (QED) is 0.348. The molecule has 2 amide bonds. The van der Waals surface area contributed by atoms with Crippen molar-refractivity contribution in [1.29, 1.82) is 0 Å². The van der Waals surface area contributed by atoms with Gasteiger partial charge in [-0.25, -0.2) is 12.8 Å². The average molecular weight is 468 g/mol. The van der Waals surface area contributed by atoms with Crippen LogP contribution in [0.1, 0.15) is 76.2 Å². The summed E-state index contributed by atoms with van der Waals surface area (Å²) in [4.78, 5) is 23.0. The minimum Gasteiger partial charge on any atom is -0.490 e. The smallest absolute Gasteiger partial charge is 0.229 e. The molecule has 1 heterocycles. The number of sulfone groups is 1. The van der Waals surface area contributed by atoms with Crippen molar-refractivity contribution < 1.29 is 27.1 Å². The van der Waals surface area contributed by atoms with Crippen molar-refractivity contribution in [2.24, 2.45) is 11.8 Å². The Bertz CT molecular complexity index is 913. The molecule has 1 aromatic carbocycles. The second-order valence-corrected chi connectivity index (χ2v) is 11.4. The van der Waals surface area contributed by atoms with E-state index in [1.165, 1.54) is 6.07 Å². The average Bonchev–Trinajstić information content (AvgIpc) is 3.57. The highest BCUT2D eigenvalue weighted by Crippen LogP contribution is 2.32. The molecule has 6 nitrogen and oxygen atoms in total. The van der Waals surface area contributed by atoms with Gasteiger partial charge in [-0.05, 0) is 68.1 Å². The van der Waals surface area contributed by atoms with E-state index in [2.05, 4.69) is 5.32 Å². The molecular formula is C24H34FNO5S. The Morgan fingerprint density at radius 3 is 2.62 bits per heavy atom. The zero-order valence-electron chi connectivity index (χ0n) is 18.8. The lowest BCUT2D eigenvalue weighted by atomic mass is 9.92. The summed E-state index contributed by atoms with van der Waals surface area (Å²) in [5, 5.41) is 2.36. The minimum atomic E-state index is -3.26. The van der Waals surface area contributed by atoms with E-state index in [9.17, 15) is 22.4 Å². The van der Waals surface area contributed by atoms with Crippen LogP contribution < -0.4 is 10.1 Å². The van der Waals surface area contributed by atoms with Crippen LogP contribution in [0.15, 0.2) is 18.2 Å². The van der Waals surface area contributed by atoms with Crippen LogP contribution in [-0.2, 0) is 19.4 Å². The Kier molecular flexibility index (Phi) is 8.68. The van der Waals surface area contributed by atoms with Gasteiger partial charge in [0.05, 0.1) is 18.1 Å². The first kappa shape index (κ1) is 24.7. The van der Waals surface area contributed by atoms with Gasteiger partial charge in [0, 0.05) is 12.3 Å². The molecule has 0 radical (unpaired) electrons. The lowest BCUT2D eigenvalue weighted by Crippen LogP contribution is -2.40. The molecule has 1 saturated carbocycles. The van der Waals surface area contributed by atoms with Crippen molar-refractivity contribution in [2.75, 3.05) is 18.1 Å². The van der Waals surface area contributed by atoms with E-state index in [1.54, 1.807) is 12.1 Å². The maximum atomic E-state index is 14.1. The third-order valence-corrected chi connectivity index (χ3v) is 8.23. The van der Waals surface area contributed by atoms with E-state index in [0.29, 0.717) is 44.6 Å². The molecule has 3 rings (SSSR count). The first-order valence-corrected chi connectivity index (χ1v) is 13.6. The van der Waals surface area contributed by atoms with Gasteiger partial charge in [0.1, 0.15) is 0 Å². The molecule has 2 aliphatic rings. The molecule has 2 atom stereocenters. The Balaban J connectivity index is 1.45. The van der Waals surface area contributed by atoms with E-state index in [4.69, 9.17) is 4.74 Å². The van der Waals surface area contributed by atoms with E-state index >= 15 is 0 Å². The largest absolute Gasteiger partial charge is 0.490 e. The predicted octanol–water partition coefficient (Wildman–Crippen LogP) is 4.14. The van der Waals surface area contributed by atoms with Gasteiger partial charge in [-0.2, -0.15) is 0 Å². The fourth-order valence-electron chi connectivity index (χ4n) is 4.12. The summed E-state index contributed by atoms with van der Waals surface area (Å²) >= 11 is 0. The van der Waals surface area contributed by atoms with Gasteiger partial charge in [0.2, 0.25) is 11.8 Å². The molecule has 1 aromatic rings. The van der Waals surface area contributed by atoms with Gasteiger partial charge in [-0.1, -0.05) is 25.8 Å². The monoisotopic (exact) mass is 467 g/mol. The maximum Gasteiger partial charge on any atom is 0.229 e. The zero-order chi connectivity index (χ0) is 23.1. The van der Waals surface area contributed by atoms with Crippen LogP contribution in [0, 0.1) is 17.7 Å². The van der Waals surface area contributed by atoms with Gasteiger partial charge >= 0.3 is 0 Å². The van der Waals surface area contributed by atoms with Crippen molar-refractivity contribution in [3.05, 3.63) is 29.6 Å². The number of amides is 2. The van der Waals surface area contributed by atoms with Crippen LogP contribution in [0.4, 0.5) is 4.39 Å². The summed E-state index contributed by atoms with van der Waals surface area (Å²) in [5.74, 6) is -0.340. The van der Waals surface area contributed by atoms with Gasteiger partial charge in [-0.3, -0.25) is 14.9 Å². The van der Waals surface area contributed by atoms with E-state index in [1.807, 2.05) is 6.92 Å². The molecule has 1 aliphatic carbocycles. The van der Waals surface area contributed by atoms with E-state index in [0.717, 1.165) is 31.2 Å². The van der Waals surface area contributed by atoms with Crippen molar-refractivity contribution in [3.63, 3.8) is 0 Å². The number of piperidine rings is 1. The van der Waals surface area contributed by atoms with Crippen molar-refractivity contribution in [2.45, 2.75) is 70.6 Å². The number of ether oxygens (including phenoxy) is 1. The Morgan fingerprint density at radius 2 is 1.94 bits per heavy atom. The van der Waals surface area contributed by atoms with Crippen LogP contribution >= 0.6 is 0 Å². The van der Waals surface area contributed by atoms with Crippen molar-refractivity contribution in [3.8, 4) is 5.75 Å². The highest BCUT2D eigenvalue weighted by Gasteiger charge is 2.26. The summed E-state index contributed by atoms with van der Waals surface area (Å²) in [6.45, 7) is 2.45. The number of unbranched alkanes of at least 4 members (excludes halogenated alkanes) is 2. The van der Waals surface area contributed by atoms with Crippen LogP contribution in [0.2, 0.25) is 0 Å². The number of nitrogens with one attached hydrogen (secondary N) is 1. The van der Waals surface area contributed by atoms with Crippen molar-refractivity contribution >= 4 is 21.7 Å². The summed E-state index contributed by atoms with van der Waals surface area (Å²) < 4.78 is 45.1. The number of rotatable bonds is 13. The Hall–Kier alpha value is -1.96. The second-order valence-electron chi connectivity index (χ2n) is 9.16.